The molecule has 2 nitrogen and oxygen atoms in total. The first-order valence-corrected chi connectivity index (χ1v) is 8.04. The molecular formula is C17H29NOS. The molecule has 0 amide bonds. The molecule has 2 rings (SSSR count). The van der Waals surface area contributed by atoms with Crippen molar-refractivity contribution in [3.8, 4) is 5.88 Å². The van der Waals surface area contributed by atoms with E-state index < -0.39 is 0 Å². The van der Waals surface area contributed by atoms with Gasteiger partial charge in [-0.1, -0.05) is 33.8 Å². The van der Waals surface area contributed by atoms with Gasteiger partial charge in [-0.15, -0.1) is 0 Å². The second-order valence-electron chi connectivity index (χ2n) is 3.62. The number of hydrogen-bond acceptors (Lipinski definition) is 3. The zero-order valence-corrected chi connectivity index (χ0v) is 15.0. The van der Waals surface area contributed by atoms with Crippen molar-refractivity contribution in [2.24, 2.45) is 0 Å². The third kappa shape index (κ3) is 9.56. The molecule has 0 unspecified atom stereocenters. The molecule has 0 aliphatic carbocycles. The van der Waals surface area contributed by atoms with Crippen molar-refractivity contribution in [2.45, 2.75) is 48.5 Å². The molecule has 2 aromatic heterocycles. The number of aryl methyl sites for hydroxylation is 3. The molecule has 114 valence electrons. The van der Waals surface area contributed by atoms with Crippen molar-refractivity contribution in [2.75, 3.05) is 7.11 Å². The first-order valence-electron chi connectivity index (χ1n) is 7.09. The molecule has 0 saturated carbocycles. The summed E-state index contributed by atoms with van der Waals surface area (Å²) in [7, 11) is 1.61. The Morgan fingerprint density at radius 2 is 1.40 bits per heavy atom. The number of rotatable bonds is 1. The fourth-order valence-electron chi connectivity index (χ4n) is 0.999. The van der Waals surface area contributed by atoms with Crippen LogP contribution in [0.5, 0.6) is 5.88 Å². The Kier molecular flexibility index (Phi) is 14.7. The lowest BCUT2D eigenvalue weighted by atomic mass is 10.2. The maximum Gasteiger partial charge on any atom is 0.212 e. The fraction of sp³-hybridized carbons (Fsp3) is 0.471. The van der Waals surface area contributed by atoms with Gasteiger partial charge in [0.15, 0.2) is 0 Å². The van der Waals surface area contributed by atoms with E-state index in [1.807, 2.05) is 46.8 Å². The normalized spacial score (nSPS) is 8.00. The highest BCUT2D eigenvalue weighted by atomic mass is 32.1. The third-order valence-corrected chi connectivity index (χ3v) is 3.18. The summed E-state index contributed by atoms with van der Waals surface area (Å²) in [6, 6.07) is 3.81. The van der Waals surface area contributed by atoms with Gasteiger partial charge < -0.3 is 4.74 Å². The summed E-state index contributed by atoms with van der Waals surface area (Å²) in [6.07, 6.45) is 1.78. The lowest BCUT2D eigenvalue weighted by Crippen LogP contribution is -1.85. The van der Waals surface area contributed by atoms with E-state index in [1.54, 1.807) is 24.6 Å². The SMILES string of the molecule is CC.CC.COc1ccc(C)cn1.Cc1cscc1C. The molecule has 2 heterocycles. The summed E-state index contributed by atoms with van der Waals surface area (Å²) in [4.78, 5) is 3.97. The van der Waals surface area contributed by atoms with E-state index in [0.717, 1.165) is 5.56 Å². The zero-order valence-electron chi connectivity index (χ0n) is 14.2. The first kappa shape index (κ1) is 21.0. The molecule has 0 radical (unpaired) electrons. The molecule has 2 aromatic rings. The zero-order chi connectivity index (χ0) is 16.0. The second kappa shape index (κ2) is 14.1. The van der Waals surface area contributed by atoms with Gasteiger partial charge in [0.2, 0.25) is 5.88 Å². The lowest BCUT2D eigenvalue weighted by Gasteiger charge is -1.95. The molecular weight excluding hydrogens is 266 g/mol. The molecule has 0 saturated heterocycles. The monoisotopic (exact) mass is 295 g/mol. The van der Waals surface area contributed by atoms with Crippen LogP contribution in [0.2, 0.25) is 0 Å². The van der Waals surface area contributed by atoms with Crippen LogP contribution in [-0.4, -0.2) is 12.1 Å². The molecule has 20 heavy (non-hydrogen) atoms. The van der Waals surface area contributed by atoms with E-state index in [9.17, 15) is 0 Å². The molecule has 0 N–H and O–H groups in total. The summed E-state index contributed by atoms with van der Waals surface area (Å²) < 4.78 is 4.86. The van der Waals surface area contributed by atoms with Crippen LogP contribution < -0.4 is 4.74 Å². The van der Waals surface area contributed by atoms with E-state index in [2.05, 4.69) is 29.6 Å². The number of hydrogen-bond donors (Lipinski definition) is 0. The van der Waals surface area contributed by atoms with Gasteiger partial charge in [0.05, 0.1) is 7.11 Å². The number of aromatic nitrogens is 1. The Hall–Kier alpha value is -1.35. The minimum atomic E-state index is 0.667. The highest BCUT2D eigenvalue weighted by molar-refractivity contribution is 7.08. The van der Waals surface area contributed by atoms with Crippen LogP contribution in [0.25, 0.3) is 0 Å². The molecule has 0 atom stereocenters. The Bertz CT molecular complexity index is 404. The van der Waals surface area contributed by atoms with Crippen LogP contribution in [0.3, 0.4) is 0 Å². The molecule has 0 fully saturated rings. The van der Waals surface area contributed by atoms with E-state index >= 15 is 0 Å². The summed E-state index contributed by atoms with van der Waals surface area (Å²) in [6.45, 7) is 14.3. The highest BCUT2D eigenvalue weighted by Crippen LogP contribution is 2.10. The maximum absolute atomic E-state index is 4.86. The first-order chi connectivity index (χ1) is 9.63. The van der Waals surface area contributed by atoms with E-state index in [0.29, 0.717) is 5.88 Å². The van der Waals surface area contributed by atoms with Crippen LogP contribution in [-0.2, 0) is 0 Å². The van der Waals surface area contributed by atoms with Crippen molar-refractivity contribution in [1.82, 2.24) is 4.98 Å². The average Bonchev–Trinajstić information content (AvgIpc) is 2.88. The van der Waals surface area contributed by atoms with Gasteiger partial charge in [-0.2, -0.15) is 11.3 Å². The maximum atomic E-state index is 4.86. The number of thiophene rings is 1. The summed E-state index contributed by atoms with van der Waals surface area (Å²) in [5.74, 6) is 0.667. The predicted octanol–water partition coefficient (Wildman–Crippen LogP) is 5.82. The lowest BCUT2D eigenvalue weighted by molar-refractivity contribution is 0.397. The van der Waals surface area contributed by atoms with Crippen molar-refractivity contribution >= 4 is 11.3 Å². The Morgan fingerprint density at radius 1 is 0.900 bits per heavy atom. The minimum absolute atomic E-state index is 0.667. The molecule has 0 aliphatic heterocycles. The molecule has 3 heteroatoms. The third-order valence-electron chi connectivity index (χ3n) is 2.21. The van der Waals surface area contributed by atoms with Gasteiger partial charge in [-0.3, -0.25) is 0 Å². The molecule has 0 spiro atoms. The highest BCUT2D eigenvalue weighted by Gasteiger charge is 1.87. The van der Waals surface area contributed by atoms with Crippen LogP contribution >= 0.6 is 11.3 Å². The number of nitrogens with zero attached hydrogens (tertiary/aromatic N) is 1. The summed E-state index contributed by atoms with van der Waals surface area (Å²) in [5, 5.41) is 4.32. The van der Waals surface area contributed by atoms with Crippen LogP contribution in [0.1, 0.15) is 44.4 Å². The van der Waals surface area contributed by atoms with Crippen LogP contribution in [0.4, 0.5) is 0 Å². The topological polar surface area (TPSA) is 22.1 Å². The van der Waals surface area contributed by atoms with Gasteiger partial charge in [-0.25, -0.2) is 4.98 Å². The smallest absolute Gasteiger partial charge is 0.212 e. The molecule has 0 aromatic carbocycles. The van der Waals surface area contributed by atoms with Gasteiger partial charge >= 0.3 is 0 Å². The number of pyridine rings is 1. The van der Waals surface area contributed by atoms with Crippen molar-refractivity contribution in [1.29, 1.82) is 0 Å². The van der Waals surface area contributed by atoms with Crippen molar-refractivity contribution < 1.29 is 4.74 Å². The van der Waals surface area contributed by atoms with E-state index in [-0.39, 0.29) is 0 Å². The van der Waals surface area contributed by atoms with Gasteiger partial charge in [0.25, 0.3) is 0 Å². The second-order valence-corrected chi connectivity index (χ2v) is 4.36. The Morgan fingerprint density at radius 3 is 1.65 bits per heavy atom. The Labute approximate surface area is 128 Å². The number of methoxy groups -OCH3 is 1. The van der Waals surface area contributed by atoms with Gasteiger partial charge in [-0.05, 0) is 48.2 Å². The van der Waals surface area contributed by atoms with Gasteiger partial charge in [0, 0.05) is 12.3 Å². The average molecular weight is 295 g/mol. The standard InChI is InChI=1S/C7H9NO.C6H8S.2C2H6/c1-6-3-4-7(9-2)8-5-6;1-5-3-7-4-6(5)2;2*1-2/h3-5H,1-2H3;3-4H,1-2H3;2*1-2H3. The summed E-state index contributed by atoms with van der Waals surface area (Å²) >= 11 is 1.77. The minimum Gasteiger partial charge on any atom is -0.481 e. The van der Waals surface area contributed by atoms with Crippen molar-refractivity contribution in [3.63, 3.8) is 0 Å². The van der Waals surface area contributed by atoms with E-state index in [4.69, 9.17) is 4.74 Å². The quantitative estimate of drug-likeness (QED) is 0.661. The van der Waals surface area contributed by atoms with Crippen LogP contribution in [0, 0.1) is 20.8 Å². The van der Waals surface area contributed by atoms with Crippen molar-refractivity contribution in [3.05, 3.63) is 45.8 Å². The van der Waals surface area contributed by atoms with E-state index in [1.165, 1.54) is 11.1 Å². The molecule has 0 aliphatic rings. The van der Waals surface area contributed by atoms with Crippen LogP contribution in [0.15, 0.2) is 29.1 Å². The number of ether oxygens (including phenoxy) is 1. The predicted molar refractivity (Wildman–Crippen MR) is 92.0 cm³/mol. The molecule has 0 bridgehead atoms. The Balaban J connectivity index is 0. The fourth-order valence-corrected chi connectivity index (χ4v) is 1.85. The summed E-state index contributed by atoms with van der Waals surface area (Å²) in [5.41, 5.74) is 3.96. The van der Waals surface area contributed by atoms with Gasteiger partial charge in [0.1, 0.15) is 0 Å². The largest absolute Gasteiger partial charge is 0.481 e.